The fourth-order valence-electron chi connectivity index (χ4n) is 4.32. The van der Waals surface area contributed by atoms with Crippen LogP contribution in [0.4, 0.5) is 11.4 Å². The highest BCUT2D eigenvalue weighted by Gasteiger charge is 2.23. The lowest BCUT2D eigenvalue weighted by atomic mass is 10.1. The van der Waals surface area contributed by atoms with Crippen molar-refractivity contribution in [3.8, 4) is 0 Å². The first-order valence-corrected chi connectivity index (χ1v) is 10.7. The first kappa shape index (κ1) is 18.7. The summed E-state index contributed by atoms with van der Waals surface area (Å²) in [5.74, 6) is 0.547. The van der Waals surface area contributed by atoms with Gasteiger partial charge in [0, 0.05) is 53.2 Å². The van der Waals surface area contributed by atoms with Crippen LogP contribution in [0.5, 0.6) is 0 Å². The van der Waals surface area contributed by atoms with Crippen molar-refractivity contribution in [2.75, 3.05) is 23.3 Å². The maximum atomic E-state index is 12.4. The molecule has 1 atom stereocenters. The number of fused-ring (bicyclic) bond motifs is 2. The molecule has 1 aliphatic heterocycles. The molecule has 1 aliphatic rings. The number of ketones is 1. The molecule has 0 saturated carbocycles. The number of benzene rings is 2. The van der Waals surface area contributed by atoms with Crippen LogP contribution >= 0.6 is 0 Å². The summed E-state index contributed by atoms with van der Waals surface area (Å²) in [5, 5.41) is 13.0. The Kier molecular flexibility index (Phi) is 4.69. The predicted octanol–water partition coefficient (Wildman–Crippen LogP) is 4.96. The van der Waals surface area contributed by atoms with Gasteiger partial charge in [-0.05, 0) is 48.7 Å². The van der Waals surface area contributed by atoms with Crippen molar-refractivity contribution in [3.05, 3.63) is 54.4 Å². The number of Topliss-reactive ketones (excluding diaryl/α,β-unsaturated/α-hetero) is 1. The molecule has 4 aromatic rings. The van der Waals surface area contributed by atoms with Gasteiger partial charge in [0.15, 0.2) is 5.78 Å². The van der Waals surface area contributed by atoms with Gasteiger partial charge in [-0.15, -0.1) is 0 Å². The zero-order valence-corrected chi connectivity index (χ0v) is 17.4. The van der Waals surface area contributed by atoms with Crippen molar-refractivity contribution in [1.82, 2.24) is 15.2 Å². The van der Waals surface area contributed by atoms with Gasteiger partial charge in [0.25, 0.3) is 0 Å². The summed E-state index contributed by atoms with van der Waals surface area (Å²) in [6, 6.07) is 15.1. The summed E-state index contributed by atoms with van der Waals surface area (Å²) in [6.45, 7) is 6.11. The number of rotatable bonds is 6. The number of H-pyrrole nitrogens is 2. The molecule has 2 aromatic carbocycles. The maximum Gasteiger partial charge on any atom is 0.179 e. The van der Waals surface area contributed by atoms with Crippen LogP contribution in [0, 0.1) is 5.92 Å². The molecule has 0 amide bonds. The lowest BCUT2D eigenvalue weighted by molar-refractivity contribution is 0.0964. The molecule has 0 bridgehead atoms. The Balaban J connectivity index is 1.29. The average Bonchev–Trinajstić information content (AvgIpc) is 3.45. The molecular weight excluding hydrogens is 374 g/mol. The van der Waals surface area contributed by atoms with E-state index in [-0.39, 0.29) is 5.78 Å². The summed E-state index contributed by atoms with van der Waals surface area (Å²) < 4.78 is 0. The molecule has 6 heteroatoms. The molecule has 1 fully saturated rings. The van der Waals surface area contributed by atoms with Gasteiger partial charge in [-0.25, -0.2) is 0 Å². The summed E-state index contributed by atoms with van der Waals surface area (Å²) in [4.78, 5) is 18.1. The molecule has 2 aromatic heterocycles. The lowest BCUT2D eigenvalue weighted by Gasteiger charge is -2.19. The van der Waals surface area contributed by atoms with E-state index in [1.807, 2.05) is 12.3 Å². The number of aromatic amines is 2. The van der Waals surface area contributed by atoms with Crippen LogP contribution in [0.1, 0.15) is 37.2 Å². The first-order valence-electron chi connectivity index (χ1n) is 10.7. The van der Waals surface area contributed by atoms with Gasteiger partial charge in [0.2, 0.25) is 0 Å². The van der Waals surface area contributed by atoms with Crippen LogP contribution in [0.15, 0.2) is 48.7 Å². The average molecular weight is 402 g/mol. The molecule has 0 spiro atoms. The van der Waals surface area contributed by atoms with Gasteiger partial charge >= 0.3 is 0 Å². The summed E-state index contributed by atoms with van der Waals surface area (Å²) >= 11 is 0. The van der Waals surface area contributed by atoms with Gasteiger partial charge in [0.1, 0.15) is 0 Å². The number of nitrogens with zero attached hydrogens (tertiary/aromatic N) is 2. The molecule has 1 saturated heterocycles. The van der Waals surface area contributed by atoms with Crippen LogP contribution in [0.3, 0.4) is 0 Å². The third-order valence-corrected chi connectivity index (χ3v) is 5.86. The number of hydrogen-bond acceptors (Lipinski definition) is 4. The van der Waals surface area contributed by atoms with E-state index in [2.05, 4.69) is 75.6 Å². The number of carbonyl (C=O) groups excluding carboxylic acids is 1. The Labute approximate surface area is 175 Å². The number of anilines is 2. The summed E-state index contributed by atoms with van der Waals surface area (Å²) in [6.07, 6.45) is 3.52. The van der Waals surface area contributed by atoms with Crippen LogP contribution in [0.25, 0.3) is 21.8 Å². The Bertz CT molecular complexity index is 1200. The Morgan fingerprint density at radius 1 is 1.17 bits per heavy atom. The molecule has 0 radical (unpaired) electrons. The minimum Gasteiger partial charge on any atom is -0.380 e. The second-order valence-electron chi connectivity index (χ2n) is 8.72. The fraction of sp³-hybridized carbons (Fsp3) is 0.333. The van der Waals surface area contributed by atoms with Crippen LogP contribution in [-0.2, 0) is 0 Å². The first-order chi connectivity index (χ1) is 14.5. The molecule has 3 N–H and O–H groups in total. The van der Waals surface area contributed by atoms with E-state index < -0.39 is 0 Å². The zero-order valence-electron chi connectivity index (χ0n) is 17.4. The van der Waals surface area contributed by atoms with E-state index in [0.29, 0.717) is 24.1 Å². The van der Waals surface area contributed by atoms with Crippen molar-refractivity contribution in [3.63, 3.8) is 0 Å². The normalized spacial score (nSPS) is 16.8. The topological polar surface area (TPSA) is 76.8 Å². The quantitative estimate of drug-likeness (QED) is 0.399. The second kappa shape index (κ2) is 7.52. The minimum absolute atomic E-state index is 0.183. The van der Waals surface area contributed by atoms with E-state index >= 15 is 0 Å². The standard InChI is InChI=1S/C24H27N5O/c1-15(2)9-24(30)23-11-16-3-5-20(12-22(16)27-23)29-8-7-19(14-29)26-18-4-6-21-17(10-18)13-25-28-21/h3-6,10-13,15,19,26-27H,7-9,14H2,1-2H3,(H,25,28). The van der Waals surface area contributed by atoms with Crippen LogP contribution in [0.2, 0.25) is 0 Å². The van der Waals surface area contributed by atoms with Crippen molar-refractivity contribution in [1.29, 1.82) is 0 Å². The molecule has 0 aliphatic carbocycles. The molecule has 6 nitrogen and oxygen atoms in total. The largest absolute Gasteiger partial charge is 0.380 e. The van der Waals surface area contributed by atoms with Crippen molar-refractivity contribution in [2.24, 2.45) is 5.92 Å². The van der Waals surface area contributed by atoms with Crippen molar-refractivity contribution < 1.29 is 4.79 Å². The third kappa shape index (κ3) is 3.65. The van der Waals surface area contributed by atoms with Gasteiger partial charge in [-0.2, -0.15) is 5.10 Å². The molecule has 154 valence electrons. The number of nitrogens with one attached hydrogen (secondary N) is 3. The number of carbonyl (C=O) groups is 1. The van der Waals surface area contributed by atoms with Gasteiger partial charge < -0.3 is 15.2 Å². The van der Waals surface area contributed by atoms with Crippen molar-refractivity contribution >= 4 is 39.0 Å². The van der Waals surface area contributed by atoms with E-state index in [9.17, 15) is 4.79 Å². The molecule has 3 heterocycles. The van der Waals surface area contributed by atoms with E-state index in [0.717, 1.165) is 47.0 Å². The fourth-order valence-corrected chi connectivity index (χ4v) is 4.32. The lowest BCUT2D eigenvalue weighted by Crippen LogP contribution is -2.25. The van der Waals surface area contributed by atoms with Gasteiger partial charge in [0.05, 0.1) is 17.4 Å². The van der Waals surface area contributed by atoms with Gasteiger partial charge in [-0.3, -0.25) is 9.89 Å². The maximum absolute atomic E-state index is 12.4. The SMILES string of the molecule is CC(C)CC(=O)c1cc2ccc(N3CCC(Nc4ccc5[nH]ncc5c4)C3)cc2[nH]1. The Morgan fingerprint density at radius 2 is 2.07 bits per heavy atom. The molecular formula is C24H27N5O. The smallest absolute Gasteiger partial charge is 0.179 e. The van der Waals surface area contributed by atoms with E-state index in [1.165, 1.54) is 5.69 Å². The van der Waals surface area contributed by atoms with Crippen LogP contribution < -0.4 is 10.2 Å². The highest BCUT2D eigenvalue weighted by atomic mass is 16.1. The van der Waals surface area contributed by atoms with Crippen molar-refractivity contribution in [2.45, 2.75) is 32.7 Å². The summed E-state index contributed by atoms with van der Waals surface area (Å²) in [5.41, 5.74) is 5.12. The second-order valence-corrected chi connectivity index (χ2v) is 8.72. The monoisotopic (exact) mass is 401 g/mol. The highest BCUT2D eigenvalue weighted by molar-refractivity contribution is 6.00. The molecule has 5 rings (SSSR count). The third-order valence-electron chi connectivity index (χ3n) is 5.86. The van der Waals surface area contributed by atoms with E-state index in [4.69, 9.17) is 0 Å². The van der Waals surface area contributed by atoms with Gasteiger partial charge in [-0.1, -0.05) is 19.9 Å². The number of aromatic nitrogens is 3. The summed E-state index contributed by atoms with van der Waals surface area (Å²) in [7, 11) is 0. The molecule has 30 heavy (non-hydrogen) atoms. The minimum atomic E-state index is 0.183. The van der Waals surface area contributed by atoms with Crippen LogP contribution in [-0.4, -0.2) is 40.1 Å². The highest BCUT2D eigenvalue weighted by Crippen LogP contribution is 2.28. The zero-order chi connectivity index (χ0) is 20.7. The number of hydrogen-bond donors (Lipinski definition) is 3. The Hall–Kier alpha value is -3.28. The predicted molar refractivity (Wildman–Crippen MR) is 122 cm³/mol. The van der Waals surface area contributed by atoms with E-state index in [1.54, 1.807) is 0 Å². The molecule has 1 unspecified atom stereocenters. The Morgan fingerprint density at radius 3 is 2.93 bits per heavy atom.